The third kappa shape index (κ3) is 5.66. The predicted molar refractivity (Wildman–Crippen MR) is 140 cm³/mol. The van der Waals surface area contributed by atoms with Crippen molar-refractivity contribution in [1.29, 1.82) is 0 Å². The van der Waals surface area contributed by atoms with Gasteiger partial charge in [-0.25, -0.2) is 14.2 Å². The number of hydrogen-bond donors (Lipinski definition) is 0. The number of benzene rings is 3. The topological polar surface area (TPSA) is 68.2 Å². The van der Waals surface area contributed by atoms with Gasteiger partial charge in [0.2, 0.25) is 0 Å². The summed E-state index contributed by atoms with van der Waals surface area (Å²) in [5, 5.41) is 0.546. The summed E-state index contributed by atoms with van der Waals surface area (Å²) in [6.45, 7) is 4.24. The summed E-state index contributed by atoms with van der Waals surface area (Å²) in [4.78, 5) is 31.1. The van der Waals surface area contributed by atoms with Gasteiger partial charge < -0.3 is 9.47 Å². The number of esters is 1. The lowest BCUT2D eigenvalue weighted by Gasteiger charge is -2.13. The molecule has 0 N–H and O–H groups in total. The van der Waals surface area contributed by atoms with Crippen LogP contribution in [0.4, 0.5) is 10.1 Å². The quantitative estimate of drug-likeness (QED) is 0.302. The first-order valence-electron chi connectivity index (χ1n) is 11.2. The molecule has 1 aliphatic rings. The highest BCUT2D eigenvalue weighted by atomic mass is 32.2. The molecule has 36 heavy (non-hydrogen) atoms. The maximum absolute atomic E-state index is 13.1. The number of likely N-dealkylation sites (N-methyl/N-ethyl adjacent to an activating group) is 1. The van der Waals surface area contributed by atoms with Crippen molar-refractivity contribution in [2.24, 2.45) is 4.99 Å². The van der Waals surface area contributed by atoms with Gasteiger partial charge in [-0.05, 0) is 102 Å². The van der Waals surface area contributed by atoms with Crippen LogP contribution in [0.1, 0.15) is 32.6 Å². The van der Waals surface area contributed by atoms with Crippen molar-refractivity contribution in [2.45, 2.75) is 20.5 Å². The second kappa shape index (κ2) is 10.8. The molecule has 1 amide bonds. The Balaban J connectivity index is 1.51. The Kier molecular flexibility index (Phi) is 7.55. The van der Waals surface area contributed by atoms with Gasteiger partial charge in [0.25, 0.3) is 5.91 Å². The Hall–Kier alpha value is -3.91. The molecule has 0 aliphatic carbocycles. The van der Waals surface area contributed by atoms with Crippen molar-refractivity contribution < 1.29 is 23.5 Å². The SMILES string of the molecule is COC(=O)c1ccc(N=C2S/C(=C\c3cc(C)c(OCc4ccc(F)cc4)c(C)c3)C(=O)N2C)cc1. The zero-order chi connectivity index (χ0) is 25.8. The van der Waals surface area contributed by atoms with E-state index in [0.29, 0.717) is 27.9 Å². The summed E-state index contributed by atoms with van der Waals surface area (Å²) in [7, 11) is 3.01. The van der Waals surface area contributed by atoms with Gasteiger partial charge in [-0.2, -0.15) is 0 Å². The van der Waals surface area contributed by atoms with Gasteiger partial charge in [0.1, 0.15) is 18.2 Å². The molecule has 4 rings (SSSR count). The first kappa shape index (κ1) is 25.2. The first-order chi connectivity index (χ1) is 17.2. The van der Waals surface area contributed by atoms with Crippen molar-refractivity contribution in [3.05, 3.63) is 99.2 Å². The van der Waals surface area contributed by atoms with Crippen LogP contribution in [0.2, 0.25) is 0 Å². The van der Waals surface area contributed by atoms with Gasteiger partial charge >= 0.3 is 5.97 Å². The van der Waals surface area contributed by atoms with Crippen LogP contribution < -0.4 is 4.74 Å². The van der Waals surface area contributed by atoms with E-state index < -0.39 is 5.97 Å². The number of amides is 1. The van der Waals surface area contributed by atoms with Crippen molar-refractivity contribution in [3.8, 4) is 5.75 Å². The van der Waals surface area contributed by atoms with Gasteiger partial charge in [-0.15, -0.1) is 0 Å². The zero-order valence-electron chi connectivity index (χ0n) is 20.4. The second-order valence-corrected chi connectivity index (χ2v) is 9.32. The maximum Gasteiger partial charge on any atom is 0.337 e. The van der Waals surface area contributed by atoms with E-state index >= 15 is 0 Å². The highest BCUT2D eigenvalue weighted by Gasteiger charge is 2.30. The van der Waals surface area contributed by atoms with Crippen LogP contribution in [0.5, 0.6) is 5.75 Å². The second-order valence-electron chi connectivity index (χ2n) is 8.31. The van der Waals surface area contributed by atoms with Crippen molar-refractivity contribution >= 4 is 40.6 Å². The fourth-order valence-corrected chi connectivity index (χ4v) is 4.72. The highest BCUT2D eigenvalue weighted by Crippen LogP contribution is 2.34. The zero-order valence-corrected chi connectivity index (χ0v) is 21.2. The van der Waals surface area contributed by atoms with Gasteiger partial charge in [0, 0.05) is 7.05 Å². The average Bonchev–Trinajstić information content (AvgIpc) is 3.12. The van der Waals surface area contributed by atoms with Gasteiger partial charge in [0.05, 0.1) is 23.3 Å². The Labute approximate surface area is 213 Å². The number of hydrogen-bond acceptors (Lipinski definition) is 6. The molecule has 6 nitrogen and oxygen atoms in total. The number of halogens is 1. The average molecular weight is 505 g/mol. The molecule has 0 spiro atoms. The van der Waals surface area contributed by atoms with Crippen LogP contribution in [-0.2, 0) is 16.1 Å². The number of rotatable bonds is 6. The number of methoxy groups -OCH3 is 1. The van der Waals surface area contributed by atoms with Crippen molar-refractivity contribution in [1.82, 2.24) is 4.90 Å². The van der Waals surface area contributed by atoms with Crippen LogP contribution in [0.3, 0.4) is 0 Å². The third-order valence-corrected chi connectivity index (χ3v) is 6.65. The van der Waals surface area contributed by atoms with E-state index in [2.05, 4.69) is 4.99 Å². The number of carbonyl (C=O) groups is 2. The number of carbonyl (C=O) groups excluding carboxylic acids is 2. The minimum absolute atomic E-state index is 0.142. The summed E-state index contributed by atoms with van der Waals surface area (Å²) in [5.74, 6) is -0.0731. The van der Waals surface area contributed by atoms with Crippen LogP contribution >= 0.6 is 11.8 Å². The van der Waals surface area contributed by atoms with E-state index in [9.17, 15) is 14.0 Å². The van der Waals surface area contributed by atoms with Crippen LogP contribution in [-0.4, -0.2) is 36.1 Å². The minimum Gasteiger partial charge on any atom is -0.488 e. The lowest BCUT2D eigenvalue weighted by molar-refractivity contribution is -0.121. The maximum atomic E-state index is 13.1. The van der Waals surface area contributed by atoms with Crippen molar-refractivity contribution in [2.75, 3.05) is 14.2 Å². The molecule has 1 heterocycles. The van der Waals surface area contributed by atoms with Crippen LogP contribution in [0, 0.1) is 19.7 Å². The molecule has 0 radical (unpaired) electrons. The molecule has 184 valence electrons. The Morgan fingerprint density at radius 2 is 1.69 bits per heavy atom. The fourth-order valence-electron chi connectivity index (χ4n) is 3.73. The largest absolute Gasteiger partial charge is 0.488 e. The monoisotopic (exact) mass is 504 g/mol. The number of ether oxygens (including phenoxy) is 2. The lowest BCUT2D eigenvalue weighted by Crippen LogP contribution is -2.23. The Morgan fingerprint density at radius 1 is 1.06 bits per heavy atom. The summed E-state index contributed by atoms with van der Waals surface area (Å²) in [5.41, 5.74) is 4.69. The standard InChI is InChI=1S/C28H25FN2O4S/c1-17-13-20(14-18(2)25(17)35-16-19-5-9-22(29)10-6-19)15-24-26(32)31(3)28(36-24)30-23-11-7-21(8-12-23)27(33)34-4/h5-15H,16H2,1-4H3/b24-15-,30-28?. The Morgan fingerprint density at radius 3 is 2.31 bits per heavy atom. The number of amidine groups is 1. The minimum atomic E-state index is -0.417. The molecule has 0 atom stereocenters. The summed E-state index contributed by atoms with van der Waals surface area (Å²) < 4.78 is 23.8. The highest BCUT2D eigenvalue weighted by molar-refractivity contribution is 8.18. The first-order valence-corrected chi connectivity index (χ1v) is 12.0. The third-order valence-electron chi connectivity index (χ3n) is 5.59. The number of aryl methyl sites for hydroxylation is 2. The molecular weight excluding hydrogens is 479 g/mol. The smallest absolute Gasteiger partial charge is 0.337 e. The summed E-state index contributed by atoms with van der Waals surface area (Å²) in [6.07, 6.45) is 1.84. The molecule has 1 aliphatic heterocycles. The van der Waals surface area contributed by atoms with Gasteiger partial charge in [-0.1, -0.05) is 12.1 Å². The van der Waals surface area contributed by atoms with E-state index in [0.717, 1.165) is 28.0 Å². The van der Waals surface area contributed by atoms with Gasteiger partial charge in [-0.3, -0.25) is 9.69 Å². The number of aliphatic imine (C=N–C) groups is 1. The van der Waals surface area contributed by atoms with Crippen LogP contribution in [0.25, 0.3) is 6.08 Å². The molecule has 0 bridgehead atoms. The van der Waals surface area contributed by atoms with E-state index in [1.165, 1.54) is 35.9 Å². The molecular formula is C28H25FN2O4S. The molecule has 0 saturated carbocycles. The molecule has 8 heteroatoms. The van der Waals surface area contributed by atoms with Crippen LogP contribution in [0.15, 0.2) is 70.6 Å². The molecule has 1 saturated heterocycles. The molecule has 3 aromatic carbocycles. The summed E-state index contributed by atoms with van der Waals surface area (Å²) >= 11 is 1.29. The van der Waals surface area contributed by atoms with E-state index in [4.69, 9.17) is 9.47 Å². The number of thioether (sulfide) groups is 1. The van der Waals surface area contributed by atoms with E-state index in [1.807, 2.05) is 32.1 Å². The predicted octanol–water partition coefficient (Wildman–Crippen LogP) is 6.04. The normalized spacial score (nSPS) is 15.6. The summed E-state index contributed by atoms with van der Waals surface area (Å²) in [6, 6.07) is 16.8. The molecule has 3 aromatic rings. The molecule has 1 fully saturated rings. The molecule has 0 unspecified atom stereocenters. The number of nitrogens with zero attached hydrogens (tertiary/aromatic N) is 2. The lowest BCUT2D eigenvalue weighted by atomic mass is 10.0. The fraction of sp³-hybridized carbons (Fsp3) is 0.179. The van der Waals surface area contributed by atoms with E-state index in [1.54, 1.807) is 43.4 Å². The Bertz CT molecular complexity index is 1340. The van der Waals surface area contributed by atoms with Gasteiger partial charge in [0.15, 0.2) is 5.17 Å². The van der Waals surface area contributed by atoms with Crippen molar-refractivity contribution in [3.63, 3.8) is 0 Å². The van der Waals surface area contributed by atoms with E-state index in [-0.39, 0.29) is 11.7 Å². The molecule has 0 aromatic heterocycles.